The lowest BCUT2D eigenvalue weighted by Gasteiger charge is -2.14. The summed E-state index contributed by atoms with van der Waals surface area (Å²) in [5.74, 6) is 0. The molecule has 0 N–H and O–H groups in total. The van der Waals surface area contributed by atoms with Crippen molar-refractivity contribution < 1.29 is 4.58 Å². The zero-order valence-corrected chi connectivity index (χ0v) is 12.5. The summed E-state index contributed by atoms with van der Waals surface area (Å²) in [7, 11) is 0. The maximum atomic E-state index is 3.50. The number of fused-ring (bicyclic) bond motifs is 1. The molecule has 1 aromatic rings. The average Bonchev–Trinajstić information content (AvgIpc) is 2.51. The molecule has 0 spiro atoms. The summed E-state index contributed by atoms with van der Waals surface area (Å²) in [6, 6.07) is 8.81. The lowest BCUT2D eigenvalue weighted by Crippen LogP contribution is -2.26. The Morgan fingerprint density at radius 1 is 1.18 bits per heavy atom. The minimum atomic E-state index is 0.186. The summed E-state index contributed by atoms with van der Waals surface area (Å²) in [6.07, 6.45) is 2.49. The van der Waals surface area contributed by atoms with E-state index in [1.807, 2.05) is 0 Å². The summed E-state index contributed by atoms with van der Waals surface area (Å²) in [5.41, 5.74) is 4.54. The van der Waals surface area contributed by atoms with Gasteiger partial charge in [-0.3, -0.25) is 0 Å². The van der Waals surface area contributed by atoms with Crippen LogP contribution in [0.2, 0.25) is 0 Å². The molecule has 0 unspecified atom stereocenters. The highest BCUT2D eigenvalue weighted by Gasteiger charge is 2.42. The zero-order valence-electron chi connectivity index (χ0n) is 11.0. The largest absolute Gasteiger partial charge is 0.209 e. The fourth-order valence-electron chi connectivity index (χ4n) is 2.60. The first-order chi connectivity index (χ1) is 8.09. The molecule has 1 nitrogen and oxygen atoms in total. The molecule has 1 heterocycles. The zero-order chi connectivity index (χ0) is 12.5. The molecular weight excluding hydrogens is 274 g/mol. The Kier molecular flexibility index (Phi) is 3.72. The van der Waals surface area contributed by atoms with Crippen LogP contribution in [-0.2, 0) is 5.41 Å². The molecule has 1 aromatic carbocycles. The third-order valence-electron chi connectivity index (χ3n) is 3.94. The van der Waals surface area contributed by atoms with Crippen molar-refractivity contribution >= 4 is 27.3 Å². The van der Waals surface area contributed by atoms with E-state index in [-0.39, 0.29) is 5.41 Å². The standard InChI is InChI=1S/C15H21BrN/c1-12-15(2,3)13-8-4-5-9-14(13)17(12)11-7-6-10-16/h4-5,8-9H,6-7,10-11H2,1-3H3/q+1. The minimum Gasteiger partial charge on any atom is -0.199 e. The van der Waals surface area contributed by atoms with Gasteiger partial charge in [0.2, 0.25) is 5.69 Å². The van der Waals surface area contributed by atoms with Crippen molar-refractivity contribution in [1.82, 2.24) is 0 Å². The normalized spacial score (nSPS) is 17.4. The molecule has 17 heavy (non-hydrogen) atoms. The minimum absolute atomic E-state index is 0.186. The molecular formula is C15H21BrN+. The van der Waals surface area contributed by atoms with Crippen molar-refractivity contribution in [2.24, 2.45) is 0 Å². The molecule has 0 amide bonds. The molecule has 0 saturated heterocycles. The predicted octanol–water partition coefficient (Wildman–Crippen LogP) is 4.26. The topological polar surface area (TPSA) is 3.01 Å². The van der Waals surface area contributed by atoms with Crippen LogP contribution in [0, 0.1) is 0 Å². The third kappa shape index (κ3) is 2.20. The van der Waals surface area contributed by atoms with Crippen LogP contribution >= 0.6 is 15.9 Å². The number of hydrogen-bond acceptors (Lipinski definition) is 0. The van der Waals surface area contributed by atoms with Gasteiger partial charge in [0.1, 0.15) is 6.54 Å². The maximum absolute atomic E-state index is 3.50. The molecule has 0 aliphatic carbocycles. The number of hydrogen-bond donors (Lipinski definition) is 0. The summed E-state index contributed by atoms with van der Waals surface area (Å²) >= 11 is 3.50. The highest BCUT2D eigenvalue weighted by atomic mass is 79.9. The Balaban J connectivity index is 2.33. The lowest BCUT2D eigenvalue weighted by molar-refractivity contribution is -0.439. The van der Waals surface area contributed by atoms with Crippen molar-refractivity contribution in [2.75, 3.05) is 11.9 Å². The van der Waals surface area contributed by atoms with Crippen LogP contribution in [0.1, 0.15) is 39.2 Å². The first-order valence-electron chi connectivity index (χ1n) is 6.36. The van der Waals surface area contributed by atoms with Gasteiger partial charge in [0.25, 0.3) is 0 Å². The van der Waals surface area contributed by atoms with Gasteiger partial charge in [-0.2, -0.15) is 4.58 Å². The lowest BCUT2D eigenvalue weighted by atomic mass is 9.82. The predicted molar refractivity (Wildman–Crippen MR) is 78.0 cm³/mol. The van der Waals surface area contributed by atoms with E-state index in [1.54, 1.807) is 0 Å². The van der Waals surface area contributed by atoms with Gasteiger partial charge in [-0.1, -0.05) is 34.1 Å². The molecule has 92 valence electrons. The Morgan fingerprint density at radius 2 is 1.88 bits per heavy atom. The second-order valence-corrected chi connectivity index (χ2v) is 6.07. The van der Waals surface area contributed by atoms with Crippen molar-refractivity contribution in [3.05, 3.63) is 29.8 Å². The molecule has 0 atom stereocenters. The van der Waals surface area contributed by atoms with Gasteiger partial charge in [-0.25, -0.2) is 0 Å². The second-order valence-electron chi connectivity index (χ2n) is 5.28. The van der Waals surface area contributed by atoms with Crippen LogP contribution in [0.25, 0.3) is 0 Å². The van der Waals surface area contributed by atoms with Gasteiger partial charge in [0.15, 0.2) is 5.71 Å². The van der Waals surface area contributed by atoms with Gasteiger partial charge < -0.3 is 0 Å². The molecule has 1 aliphatic rings. The fourth-order valence-corrected chi connectivity index (χ4v) is 3.00. The number of halogens is 1. The second kappa shape index (κ2) is 4.93. The van der Waals surface area contributed by atoms with Gasteiger partial charge in [-0.15, -0.1) is 0 Å². The molecule has 2 rings (SSSR count). The molecule has 2 heteroatoms. The molecule has 1 aliphatic heterocycles. The van der Waals surface area contributed by atoms with E-state index in [0.29, 0.717) is 0 Å². The quantitative estimate of drug-likeness (QED) is 0.443. The van der Waals surface area contributed by atoms with E-state index in [1.165, 1.54) is 29.8 Å². The van der Waals surface area contributed by atoms with Crippen molar-refractivity contribution in [2.45, 2.75) is 39.0 Å². The number of unbranched alkanes of at least 4 members (excludes halogenated alkanes) is 1. The van der Waals surface area contributed by atoms with Crippen LogP contribution in [0.4, 0.5) is 5.69 Å². The summed E-state index contributed by atoms with van der Waals surface area (Å²) in [6.45, 7) is 8.06. The summed E-state index contributed by atoms with van der Waals surface area (Å²) < 4.78 is 2.50. The highest BCUT2D eigenvalue weighted by Crippen LogP contribution is 2.39. The Labute approximate surface area is 113 Å². The molecule has 0 bridgehead atoms. The van der Waals surface area contributed by atoms with E-state index >= 15 is 0 Å². The van der Waals surface area contributed by atoms with Crippen LogP contribution in [0.3, 0.4) is 0 Å². The molecule has 0 saturated carbocycles. The van der Waals surface area contributed by atoms with Crippen LogP contribution in [-0.4, -0.2) is 22.2 Å². The van der Waals surface area contributed by atoms with E-state index in [0.717, 1.165) is 11.9 Å². The van der Waals surface area contributed by atoms with Gasteiger partial charge in [0, 0.05) is 30.3 Å². The first-order valence-corrected chi connectivity index (χ1v) is 7.48. The number of benzene rings is 1. The highest BCUT2D eigenvalue weighted by molar-refractivity contribution is 9.09. The Hall–Kier alpha value is -0.630. The van der Waals surface area contributed by atoms with Gasteiger partial charge in [0.05, 0.1) is 5.41 Å². The van der Waals surface area contributed by atoms with E-state index in [2.05, 4.69) is 65.5 Å². The monoisotopic (exact) mass is 294 g/mol. The van der Waals surface area contributed by atoms with Gasteiger partial charge in [-0.05, 0) is 20.3 Å². The van der Waals surface area contributed by atoms with Crippen LogP contribution < -0.4 is 0 Å². The van der Waals surface area contributed by atoms with Crippen LogP contribution in [0.5, 0.6) is 0 Å². The van der Waals surface area contributed by atoms with Crippen molar-refractivity contribution in [3.63, 3.8) is 0 Å². The number of alkyl halides is 1. The first kappa shape index (κ1) is 12.8. The Morgan fingerprint density at radius 3 is 2.59 bits per heavy atom. The fraction of sp³-hybridized carbons (Fsp3) is 0.533. The number of rotatable bonds is 4. The summed E-state index contributed by atoms with van der Waals surface area (Å²) in [5, 5.41) is 1.10. The Bertz CT molecular complexity index is 446. The third-order valence-corrected chi connectivity index (χ3v) is 4.50. The number of para-hydroxylation sites is 1. The summed E-state index contributed by atoms with van der Waals surface area (Å²) in [4.78, 5) is 0. The van der Waals surface area contributed by atoms with Crippen molar-refractivity contribution in [3.8, 4) is 0 Å². The van der Waals surface area contributed by atoms with Crippen molar-refractivity contribution in [1.29, 1.82) is 0 Å². The maximum Gasteiger partial charge on any atom is 0.209 e. The van der Waals surface area contributed by atoms with E-state index in [9.17, 15) is 0 Å². The molecule has 0 radical (unpaired) electrons. The van der Waals surface area contributed by atoms with Gasteiger partial charge >= 0.3 is 0 Å². The molecule has 0 fully saturated rings. The number of nitrogens with zero attached hydrogens (tertiary/aromatic N) is 1. The molecule has 0 aromatic heterocycles. The smallest absolute Gasteiger partial charge is 0.199 e. The van der Waals surface area contributed by atoms with E-state index < -0.39 is 0 Å². The van der Waals surface area contributed by atoms with Crippen LogP contribution in [0.15, 0.2) is 24.3 Å². The SMILES string of the molecule is CC1=[N+](CCCCBr)c2ccccc2C1(C)C. The van der Waals surface area contributed by atoms with E-state index in [4.69, 9.17) is 0 Å². The average molecular weight is 295 g/mol.